The first-order chi connectivity index (χ1) is 9.92. The molecule has 1 N–H and O–H groups in total. The number of nitrogens with one attached hydrogen (secondary N) is 1. The number of nitrogens with zero attached hydrogens (tertiary/aromatic N) is 1. The van der Waals surface area contributed by atoms with Crippen molar-refractivity contribution in [2.24, 2.45) is 0 Å². The number of piperazine rings is 1. The Morgan fingerprint density at radius 3 is 2.48 bits per heavy atom. The van der Waals surface area contributed by atoms with Gasteiger partial charge in [-0.15, -0.1) is 0 Å². The van der Waals surface area contributed by atoms with E-state index in [4.69, 9.17) is 0 Å². The fraction of sp³-hybridized carbons (Fsp3) is 0.588. The van der Waals surface area contributed by atoms with Crippen LogP contribution in [0.5, 0.6) is 0 Å². The van der Waals surface area contributed by atoms with Gasteiger partial charge in [0.2, 0.25) is 0 Å². The zero-order valence-corrected chi connectivity index (χ0v) is 13.6. The van der Waals surface area contributed by atoms with Crippen LogP contribution in [0, 0.1) is 0 Å². The zero-order chi connectivity index (χ0) is 15.7. The molecule has 21 heavy (non-hydrogen) atoms. The molecule has 0 bridgehead atoms. The van der Waals surface area contributed by atoms with Crippen LogP contribution in [0.15, 0.2) is 30.3 Å². The molecular weight excluding hydrogens is 264 g/mol. The minimum absolute atomic E-state index is 0.318. The molecule has 1 fully saturated rings. The Balaban J connectivity index is 0.000000270. The van der Waals surface area contributed by atoms with E-state index in [1.807, 2.05) is 20.8 Å². The topological polar surface area (TPSA) is 41.6 Å². The minimum Gasteiger partial charge on any atom is -0.462 e. The van der Waals surface area contributed by atoms with E-state index in [1.165, 1.54) is 5.56 Å². The van der Waals surface area contributed by atoms with Crippen LogP contribution >= 0.6 is 0 Å². The molecule has 4 heteroatoms. The number of hydrogen-bond donors (Lipinski definition) is 1. The molecule has 1 aliphatic rings. The molecule has 0 radical (unpaired) electrons. The predicted octanol–water partition coefficient (Wildman–Crippen LogP) is 2.44. The van der Waals surface area contributed by atoms with E-state index in [0.29, 0.717) is 12.5 Å². The summed E-state index contributed by atoms with van der Waals surface area (Å²) in [6.45, 7) is 12.7. The largest absolute Gasteiger partial charge is 0.462 e. The summed E-state index contributed by atoms with van der Waals surface area (Å²) < 4.78 is 4.55. The summed E-state index contributed by atoms with van der Waals surface area (Å²) in [6, 6.07) is 11.4. The van der Waals surface area contributed by atoms with Crippen LogP contribution in [0.2, 0.25) is 0 Å². The van der Waals surface area contributed by atoms with Crippen LogP contribution in [0.4, 0.5) is 0 Å². The molecular formula is C17H28N2O2. The lowest BCUT2D eigenvalue weighted by molar-refractivity contribution is -0.138. The molecule has 1 saturated heterocycles. The van der Waals surface area contributed by atoms with Crippen LogP contribution in [-0.4, -0.2) is 42.6 Å². The molecule has 1 unspecified atom stereocenters. The summed E-state index contributed by atoms with van der Waals surface area (Å²) in [6.07, 6.45) is 0. The Morgan fingerprint density at radius 2 is 2.00 bits per heavy atom. The summed E-state index contributed by atoms with van der Waals surface area (Å²) in [5.41, 5.74) is 1.10. The molecule has 1 heterocycles. The summed E-state index contributed by atoms with van der Waals surface area (Å²) in [5, 5.41) is 3.41. The predicted molar refractivity (Wildman–Crippen MR) is 86.1 cm³/mol. The fourth-order valence-corrected chi connectivity index (χ4v) is 2.08. The Labute approximate surface area is 128 Å². The third kappa shape index (κ3) is 7.83. The monoisotopic (exact) mass is 292 g/mol. The van der Waals surface area contributed by atoms with Crippen molar-refractivity contribution in [2.75, 3.05) is 19.6 Å². The van der Waals surface area contributed by atoms with Crippen molar-refractivity contribution in [3.05, 3.63) is 35.9 Å². The number of ether oxygens (including phenoxy) is 1. The first kappa shape index (κ1) is 17.7. The minimum atomic E-state index is -0.318. The van der Waals surface area contributed by atoms with Gasteiger partial charge in [-0.25, -0.2) is 0 Å². The van der Waals surface area contributed by atoms with Crippen molar-refractivity contribution < 1.29 is 9.53 Å². The second-order valence-electron chi connectivity index (χ2n) is 6.34. The number of benzene rings is 1. The van der Waals surface area contributed by atoms with Crippen molar-refractivity contribution in [3.8, 4) is 0 Å². The zero-order valence-electron chi connectivity index (χ0n) is 13.6. The molecule has 1 aromatic rings. The van der Waals surface area contributed by atoms with E-state index < -0.39 is 0 Å². The highest BCUT2D eigenvalue weighted by Gasteiger charge is 2.17. The number of hydrogen-bond acceptors (Lipinski definition) is 4. The highest BCUT2D eigenvalue weighted by Crippen LogP contribution is 2.09. The molecule has 1 aliphatic heterocycles. The Kier molecular flexibility index (Phi) is 7.40. The van der Waals surface area contributed by atoms with Crippen molar-refractivity contribution >= 4 is 6.47 Å². The van der Waals surface area contributed by atoms with E-state index in [-0.39, 0.29) is 5.60 Å². The van der Waals surface area contributed by atoms with Gasteiger partial charge in [0.15, 0.2) is 0 Å². The smallest absolute Gasteiger partial charge is 0.293 e. The number of carbonyl (C=O) groups excluding carboxylic acids is 1. The van der Waals surface area contributed by atoms with Crippen LogP contribution in [0.25, 0.3) is 0 Å². The molecule has 2 rings (SSSR count). The molecule has 0 aromatic heterocycles. The van der Waals surface area contributed by atoms with E-state index >= 15 is 0 Å². The van der Waals surface area contributed by atoms with Gasteiger partial charge in [-0.3, -0.25) is 9.69 Å². The van der Waals surface area contributed by atoms with E-state index in [0.717, 1.165) is 26.2 Å². The van der Waals surface area contributed by atoms with E-state index in [1.54, 1.807) is 0 Å². The average molecular weight is 292 g/mol. The second kappa shape index (κ2) is 8.80. The van der Waals surface area contributed by atoms with Crippen LogP contribution in [0.3, 0.4) is 0 Å². The van der Waals surface area contributed by atoms with Crippen molar-refractivity contribution in [3.63, 3.8) is 0 Å². The Bertz CT molecular complexity index is 401. The molecule has 0 saturated carbocycles. The summed E-state index contributed by atoms with van der Waals surface area (Å²) in [5.74, 6) is 0. The van der Waals surface area contributed by atoms with Gasteiger partial charge in [-0.1, -0.05) is 30.3 Å². The summed E-state index contributed by atoms with van der Waals surface area (Å²) in [7, 11) is 0. The number of rotatable bonds is 3. The molecule has 0 aliphatic carbocycles. The van der Waals surface area contributed by atoms with Crippen LogP contribution in [0.1, 0.15) is 33.3 Å². The third-order valence-electron chi connectivity index (χ3n) is 3.27. The normalized spacial score (nSPS) is 19.3. The van der Waals surface area contributed by atoms with E-state index in [9.17, 15) is 4.79 Å². The standard InChI is InChI=1S/C12H18N2.C5H10O2/c1-11-9-13-7-8-14(11)10-12-5-3-2-4-6-12;1-5(2,3)7-4-6/h2-6,11,13H,7-10H2,1H3;4H,1-3H3. The lowest BCUT2D eigenvalue weighted by Crippen LogP contribution is -2.49. The van der Waals surface area contributed by atoms with Gasteiger partial charge < -0.3 is 10.1 Å². The first-order valence-electron chi connectivity index (χ1n) is 7.52. The molecule has 118 valence electrons. The molecule has 4 nitrogen and oxygen atoms in total. The third-order valence-corrected chi connectivity index (χ3v) is 3.27. The lowest BCUT2D eigenvalue weighted by Gasteiger charge is -2.33. The van der Waals surface area contributed by atoms with Gasteiger partial charge in [-0.05, 0) is 33.3 Å². The van der Waals surface area contributed by atoms with Gasteiger partial charge in [-0.2, -0.15) is 0 Å². The second-order valence-corrected chi connectivity index (χ2v) is 6.34. The van der Waals surface area contributed by atoms with Gasteiger partial charge in [0.05, 0.1) is 0 Å². The average Bonchev–Trinajstić information content (AvgIpc) is 2.42. The maximum Gasteiger partial charge on any atom is 0.293 e. The molecule has 1 aromatic carbocycles. The Morgan fingerprint density at radius 1 is 1.33 bits per heavy atom. The van der Waals surface area contributed by atoms with Crippen molar-refractivity contribution in [1.82, 2.24) is 10.2 Å². The van der Waals surface area contributed by atoms with Crippen LogP contribution < -0.4 is 5.32 Å². The fourth-order valence-electron chi connectivity index (χ4n) is 2.08. The van der Waals surface area contributed by atoms with Gasteiger partial charge in [0, 0.05) is 32.2 Å². The van der Waals surface area contributed by atoms with Gasteiger partial charge >= 0.3 is 0 Å². The van der Waals surface area contributed by atoms with Gasteiger partial charge in [0.1, 0.15) is 5.60 Å². The van der Waals surface area contributed by atoms with Gasteiger partial charge in [0.25, 0.3) is 6.47 Å². The molecule has 1 atom stereocenters. The lowest BCUT2D eigenvalue weighted by atomic mass is 10.1. The Hall–Kier alpha value is -1.39. The van der Waals surface area contributed by atoms with Crippen LogP contribution in [-0.2, 0) is 16.1 Å². The highest BCUT2D eigenvalue weighted by atomic mass is 16.5. The quantitative estimate of drug-likeness (QED) is 0.869. The van der Waals surface area contributed by atoms with Crippen molar-refractivity contribution in [2.45, 2.75) is 45.9 Å². The first-order valence-corrected chi connectivity index (χ1v) is 7.52. The maximum atomic E-state index is 9.60. The molecule has 0 amide bonds. The SMILES string of the molecule is CC(C)(C)OC=O.CC1CNCCN1Cc1ccccc1. The van der Waals surface area contributed by atoms with E-state index in [2.05, 4.69) is 52.2 Å². The van der Waals surface area contributed by atoms with Crippen molar-refractivity contribution in [1.29, 1.82) is 0 Å². The highest BCUT2D eigenvalue weighted by molar-refractivity contribution is 5.37. The molecule has 0 spiro atoms. The summed E-state index contributed by atoms with van der Waals surface area (Å²) >= 11 is 0. The maximum absolute atomic E-state index is 9.60. The number of carbonyl (C=O) groups is 1. The summed E-state index contributed by atoms with van der Waals surface area (Å²) in [4.78, 5) is 12.1.